The van der Waals surface area contributed by atoms with Gasteiger partial charge in [-0.15, -0.1) is 0 Å². The molecule has 0 aliphatic rings. The summed E-state index contributed by atoms with van der Waals surface area (Å²) in [6.45, 7) is -0.309. The zero-order chi connectivity index (χ0) is 11.4. The Balaban J connectivity index is 2.26. The normalized spacial score (nSPS) is 11.8. The number of halogens is 1. The SMILES string of the molecule is OCC=C(F)c1ccc(-n2cncn2)cc1. The van der Waals surface area contributed by atoms with Gasteiger partial charge in [-0.3, -0.25) is 0 Å². The molecular formula is C11H10FN3O. The average molecular weight is 219 g/mol. The quantitative estimate of drug-likeness (QED) is 0.852. The maximum atomic E-state index is 13.3. The standard InChI is InChI=1S/C11H10FN3O/c12-11(5-6-16)9-1-3-10(4-2-9)15-8-13-7-14-15/h1-5,7-8,16H,6H2. The lowest BCUT2D eigenvalue weighted by Gasteiger charge is -2.01. The lowest BCUT2D eigenvalue weighted by atomic mass is 10.2. The van der Waals surface area contributed by atoms with Crippen molar-refractivity contribution in [2.24, 2.45) is 0 Å². The minimum atomic E-state index is -0.437. The molecule has 0 unspecified atom stereocenters. The third-order valence-corrected chi connectivity index (χ3v) is 2.10. The van der Waals surface area contributed by atoms with E-state index in [0.717, 1.165) is 11.8 Å². The van der Waals surface area contributed by atoms with Crippen molar-refractivity contribution < 1.29 is 9.50 Å². The first kappa shape index (κ1) is 10.5. The van der Waals surface area contributed by atoms with Gasteiger partial charge in [0.25, 0.3) is 0 Å². The monoisotopic (exact) mass is 219 g/mol. The average Bonchev–Trinajstić information content (AvgIpc) is 2.83. The van der Waals surface area contributed by atoms with Gasteiger partial charge in [0, 0.05) is 5.56 Å². The number of aliphatic hydroxyl groups is 1. The highest BCUT2D eigenvalue weighted by Gasteiger charge is 2.01. The van der Waals surface area contributed by atoms with Gasteiger partial charge >= 0.3 is 0 Å². The van der Waals surface area contributed by atoms with Crippen LogP contribution in [-0.4, -0.2) is 26.5 Å². The molecular weight excluding hydrogens is 209 g/mol. The lowest BCUT2D eigenvalue weighted by molar-refractivity contribution is 0.342. The molecule has 0 aliphatic heterocycles. The van der Waals surface area contributed by atoms with Gasteiger partial charge in [0.15, 0.2) is 0 Å². The van der Waals surface area contributed by atoms with Crippen LogP contribution in [0.5, 0.6) is 0 Å². The number of hydrogen-bond donors (Lipinski definition) is 1. The summed E-state index contributed by atoms with van der Waals surface area (Å²) in [6.07, 6.45) is 4.11. The summed E-state index contributed by atoms with van der Waals surface area (Å²) in [6, 6.07) is 6.71. The molecule has 2 aromatic rings. The minimum Gasteiger partial charge on any atom is -0.392 e. The van der Waals surface area contributed by atoms with Gasteiger partial charge in [-0.05, 0) is 30.3 Å². The van der Waals surface area contributed by atoms with Crippen LogP contribution >= 0.6 is 0 Å². The van der Waals surface area contributed by atoms with E-state index in [4.69, 9.17) is 5.11 Å². The fourth-order valence-corrected chi connectivity index (χ4v) is 1.31. The van der Waals surface area contributed by atoms with Crippen LogP contribution in [0.4, 0.5) is 4.39 Å². The van der Waals surface area contributed by atoms with Crippen LogP contribution in [0.3, 0.4) is 0 Å². The van der Waals surface area contributed by atoms with Crippen molar-refractivity contribution in [3.8, 4) is 5.69 Å². The minimum absolute atomic E-state index is 0.309. The Bertz CT molecular complexity index is 476. The van der Waals surface area contributed by atoms with Gasteiger partial charge in [-0.2, -0.15) is 5.10 Å². The Hall–Kier alpha value is -2.01. The molecule has 0 amide bonds. The van der Waals surface area contributed by atoms with E-state index in [1.165, 1.54) is 6.33 Å². The summed E-state index contributed by atoms with van der Waals surface area (Å²) >= 11 is 0. The summed E-state index contributed by atoms with van der Waals surface area (Å²) in [7, 11) is 0. The summed E-state index contributed by atoms with van der Waals surface area (Å²) in [5.74, 6) is -0.437. The molecule has 0 bridgehead atoms. The Morgan fingerprint density at radius 2 is 2.12 bits per heavy atom. The molecule has 82 valence electrons. The Labute approximate surface area is 91.7 Å². The highest BCUT2D eigenvalue weighted by molar-refractivity contribution is 5.60. The summed E-state index contributed by atoms with van der Waals surface area (Å²) in [5.41, 5.74) is 1.23. The Morgan fingerprint density at radius 3 is 2.69 bits per heavy atom. The van der Waals surface area contributed by atoms with Crippen LogP contribution in [0, 0.1) is 0 Å². The molecule has 0 atom stereocenters. The highest BCUT2D eigenvalue weighted by atomic mass is 19.1. The molecule has 1 aromatic carbocycles. The lowest BCUT2D eigenvalue weighted by Crippen LogP contribution is -1.93. The molecule has 16 heavy (non-hydrogen) atoms. The van der Waals surface area contributed by atoms with Crippen LogP contribution in [0.15, 0.2) is 43.0 Å². The maximum absolute atomic E-state index is 13.3. The third kappa shape index (κ3) is 2.14. The molecule has 0 radical (unpaired) electrons. The first-order valence-electron chi connectivity index (χ1n) is 4.73. The van der Waals surface area contributed by atoms with Gasteiger partial charge in [0.05, 0.1) is 12.3 Å². The number of aliphatic hydroxyl groups excluding tert-OH is 1. The molecule has 0 saturated carbocycles. The van der Waals surface area contributed by atoms with E-state index in [1.54, 1.807) is 35.3 Å². The molecule has 1 aromatic heterocycles. The van der Waals surface area contributed by atoms with Gasteiger partial charge < -0.3 is 5.11 Å². The molecule has 0 spiro atoms. The van der Waals surface area contributed by atoms with Gasteiger partial charge in [-0.25, -0.2) is 14.1 Å². The Kier molecular flexibility index (Phi) is 3.07. The number of rotatable bonds is 3. The van der Waals surface area contributed by atoms with Crippen molar-refractivity contribution in [3.63, 3.8) is 0 Å². The first-order valence-corrected chi connectivity index (χ1v) is 4.73. The second-order valence-electron chi connectivity index (χ2n) is 3.12. The predicted molar refractivity (Wildman–Crippen MR) is 57.5 cm³/mol. The van der Waals surface area contributed by atoms with Crippen LogP contribution in [0.25, 0.3) is 11.5 Å². The number of benzene rings is 1. The topological polar surface area (TPSA) is 50.9 Å². The smallest absolute Gasteiger partial charge is 0.138 e. The molecule has 0 saturated heterocycles. The van der Waals surface area contributed by atoms with Gasteiger partial charge in [0.1, 0.15) is 18.5 Å². The largest absolute Gasteiger partial charge is 0.392 e. The van der Waals surface area contributed by atoms with E-state index in [0.29, 0.717) is 5.56 Å². The highest BCUT2D eigenvalue weighted by Crippen LogP contribution is 2.17. The van der Waals surface area contributed by atoms with E-state index in [2.05, 4.69) is 10.1 Å². The predicted octanol–water partition coefficient (Wildman–Crippen LogP) is 1.57. The van der Waals surface area contributed by atoms with Crippen molar-refractivity contribution in [3.05, 3.63) is 48.6 Å². The second kappa shape index (κ2) is 4.67. The van der Waals surface area contributed by atoms with E-state index < -0.39 is 5.83 Å². The van der Waals surface area contributed by atoms with E-state index in [-0.39, 0.29) is 6.61 Å². The van der Waals surface area contributed by atoms with Gasteiger partial charge in [-0.1, -0.05) is 0 Å². The first-order chi connectivity index (χ1) is 7.81. The summed E-state index contributed by atoms with van der Waals surface area (Å²) < 4.78 is 14.9. The van der Waals surface area contributed by atoms with Crippen LogP contribution < -0.4 is 0 Å². The zero-order valence-electron chi connectivity index (χ0n) is 8.42. The molecule has 1 heterocycles. The molecule has 2 rings (SSSR count). The molecule has 0 fully saturated rings. The van der Waals surface area contributed by atoms with Crippen molar-refractivity contribution in [2.45, 2.75) is 0 Å². The summed E-state index contributed by atoms with van der Waals surface area (Å²) in [4.78, 5) is 3.82. The molecule has 4 nitrogen and oxygen atoms in total. The molecule has 0 aliphatic carbocycles. The van der Waals surface area contributed by atoms with Gasteiger partial charge in [0.2, 0.25) is 0 Å². The van der Waals surface area contributed by atoms with Crippen molar-refractivity contribution >= 4 is 5.83 Å². The van der Waals surface area contributed by atoms with E-state index in [9.17, 15) is 4.39 Å². The van der Waals surface area contributed by atoms with Crippen LogP contribution in [-0.2, 0) is 0 Å². The molecule has 5 heteroatoms. The Morgan fingerprint density at radius 1 is 1.38 bits per heavy atom. The van der Waals surface area contributed by atoms with Crippen molar-refractivity contribution in [1.29, 1.82) is 0 Å². The number of aromatic nitrogens is 3. The molecule has 1 N–H and O–H groups in total. The van der Waals surface area contributed by atoms with Crippen LogP contribution in [0.2, 0.25) is 0 Å². The van der Waals surface area contributed by atoms with E-state index in [1.807, 2.05) is 0 Å². The van der Waals surface area contributed by atoms with Crippen molar-refractivity contribution in [1.82, 2.24) is 14.8 Å². The number of nitrogens with zero attached hydrogens (tertiary/aromatic N) is 3. The third-order valence-electron chi connectivity index (χ3n) is 2.10. The van der Waals surface area contributed by atoms with Crippen molar-refractivity contribution in [2.75, 3.05) is 6.61 Å². The summed E-state index contributed by atoms with van der Waals surface area (Å²) in [5, 5.41) is 12.5. The fourth-order valence-electron chi connectivity index (χ4n) is 1.31. The number of hydrogen-bond acceptors (Lipinski definition) is 3. The zero-order valence-corrected chi connectivity index (χ0v) is 8.42. The van der Waals surface area contributed by atoms with E-state index >= 15 is 0 Å². The van der Waals surface area contributed by atoms with Crippen LogP contribution in [0.1, 0.15) is 5.56 Å². The fraction of sp³-hybridized carbons (Fsp3) is 0.0909. The second-order valence-corrected chi connectivity index (χ2v) is 3.12. The maximum Gasteiger partial charge on any atom is 0.138 e.